The van der Waals surface area contributed by atoms with E-state index in [0.717, 1.165) is 37.9 Å². The summed E-state index contributed by atoms with van der Waals surface area (Å²) in [6.07, 6.45) is 10.4. The number of aromatic nitrogens is 1. The number of pyridine rings is 1. The average Bonchev–Trinajstić information content (AvgIpc) is 2.97. The number of carbonyl (C=O) groups excluding carboxylic acids is 1. The predicted molar refractivity (Wildman–Crippen MR) is 154 cm³/mol. The predicted octanol–water partition coefficient (Wildman–Crippen LogP) is 4.71. The first-order valence-electron chi connectivity index (χ1n) is 13.3. The third-order valence-corrected chi connectivity index (χ3v) is 8.85. The number of piperazine rings is 1. The first-order chi connectivity index (χ1) is 18.9. The summed E-state index contributed by atoms with van der Waals surface area (Å²) in [7, 11) is -2.49. The number of nitrogens with one attached hydrogen (secondary N) is 1. The average molecular weight is 547 g/mol. The summed E-state index contributed by atoms with van der Waals surface area (Å²) in [6.45, 7) is 6.23. The number of sulfonamides is 1. The van der Waals surface area contributed by atoms with E-state index in [9.17, 15) is 13.2 Å². The van der Waals surface area contributed by atoms with Crippen LogP contribution in [0.4, 0.5) is 5.69 Å². The van der Waals surface area contributed by atoms with Crippen molar-refractivity contribution < 1.29 is 17.9 Å². The lowest BCUT2D eigenvalue weighted by Gasteiger charge is -2.36. The van der Waals surface area contributed by atoms with Crippen molar-refractivity contribution in [3.63, 3.8) is 0 Å². The van der Waals surface area contributed by atoms with Gasteiger partial charge in [-0.25, -0.2) is 8.42 Å². The summed E-state index contributed by atoms with van der Waals surface area (Å²) in [6, 6.07) is 13.4. The van der Waals surface area contributed by atoms with Gasteiger partial charge in [0.1, 0.15) is 10.6 Å². The fourth-order valence-electron chi connectivity index (χ4n) is 5.25. The van der Waals surface area contributed by atoms with E-state index in [1.807, 2.05) is 17.0 Å². The molecule has 9 heteroatoms. The SMILES string of the molecule is COc1cc(C(=O)N2CCN(CC(C)C3=CC=CCC3)CC2)ccc1NS(=O)(=O)c1cccc2cccnc12. The molecule has 1 saturated heterocycles. The van der Waals surface area contributed by atoms with Crippen molar-refractivity contribution in [1.82, 2.24) is 14.8 Å². The number of hydrogen-bond donors (Lipinski definition) is 1. The Morgan fingerprint density at radius 1 is 1.10 bits per heavy atom. The molecule has 1 aliphatic carbocycles. The maximum absolute atomic E-state index is 13.3. The number of rotatable bonds is 8. The van der Waals surface area contributed by atoms with E-state index in [4.69, 9.17) is 4.74 Å². The first kappa shape index (κ1) is 26.9. The highest BCUT2D eigenvalue weighted by Gasteiger charge is 2.25. The molecule has 1 atom stereocenters. The van der Waals surface area contributed by atoms with Gasteiger partial charge in [-0.1, -0.05) is 48.9 Å². The van der Waals surface area contributed by atoms with Crippen LogP contribution in [-0.2, 0) is 10.0 Å². The number of fused-ring (bicyclic) bond motifs is 1. The van der Waals surface area contributed by atoms with E-state index in [2.05, 4.69) is 39.8 Å². The molecular formula is C30H34N4O4S. The van der Waals surface area contributed by atoms with E-state index >= 15 is 0 Å². The zero-order chi connectivity index (χ0) is 27.4. The fraction of sp³-hybridized carbons (Fsp3) is 0.333. The Morgan fingerprint density at radius 3 is 2.64 bits per heavy atom. The van der Waals surface area contributed by atoms with Gasteiger partial charge >= 0.3 is 0 Å². The van der Waals surface area contributed by atoms with Gasteiger partial charge in [0, 0.05) is 49.9 Å². The molecule has 0 saturated carbocycles. The highest BCUT2D eigenvalue weighted by molar-refractivity contribution is 7.93. The molecule has 0 radical (unpaired) electrons. The molecule has 2 heterocycles. The molecule has 2 aromatic carbocycles. The first-order valence-corrected chi connectivity index (χ1v) is 14.8. The summed E-state index contributed by atoms with van der Waals surface area (Å²) in [4.78, 5) is 21.9. The van der Waals surface area contributed by atoms with Gasteiger partial charge in [-0.2, -0.15) is 0 Å². The van der Waals surface area contributed by atoms with Crippen LogP contribution in [0, 0.1) is 5.92 Å². The molecule has 8 nitrogen and oxygen atoms in total. The third kappa shape index (κ3) is 5.99. The van der Waals surface area contributed by atoms with Crippen LogP contribution < -0.4 is 9.46 Å². The second-order valence-corrected chi connectivity index (χ2v) is 11.7. The highest BCUT2D eigenvalue weighted by atomic mass is 32.2. The van der Waals surface area contributed by atoms with Gasteiger partial charge in [0.15, 0.2) is 0 Å². The molecule has 39 heavy (non-hydrogen) atoms. The molecule has 0 spiro atoms. The van der Waals surface area contributed by atoms with Crippen molar-refractivity contribution in [2.45, 2.75) is 24.7 Å². The minimum atomic E-state index is -3.95. The smallest absolute Gasteiger partial charge is 0.264 e. The number of amides is 1. The fourth-order valence-corrected chi connectivity index (χ4v) is 6.50. The summed E-state index contributed by atoms with van der Waals surface area (Å²) >= 11 is 0. The molecule has 2 aliphatic rings. The molecule has 3 aromatic rings. The van der Waals surface area contributed by atoms with E-state index in [1.54, 1.807) is 36.5 Å². The van der Waals surface area contributed by atoms with Gasteiger partial charge in [0.05, 0.1) is 18.3 Å². The summed E-state index contributed by atoms with van der Waals surface area (Å²) in [5, 5.41) is 0.728. The van der Waals surface area contributed by atoms with E-state index < -0.39 is 10.0 Å². The summed E-state index contributed by atoms with van der Waals surface area (Å²) in [5.74, 6) is 0.691. The van der Waals surface area contributed by atoms with Crippen molar-refractivity contribution in [1.29, 1.82) is 0 Å². The van der Waals surface area contributed by atoms with Crippen molar-refractivity contribution in [3.8, 4) is 5.75 Å². The van der Waals surface area contributed by atoms with Crippen LogP contribution in [0.3, 0.4) is 0 Å². The molecule has 0 bridgehead atoms. The lowest BCUT2D eigenvalue weighted by atomic mass is 9.93. The number of ether oxygens (including phenoxy) is 1. The molecule has 1 aromatic heterocycles. The number of anilines is 1. The van der Waals surface area contributed by atoms with Crippen LogP contribution >= 0.6 is 0 Å². The van der Waals surface area contributed by atoms with Gasteiger partial charge in [-0.15, -0.1) is 0 Å². The molecule has 5 rings (SSSR count). The van der Waals surface area contributed by atoms with Gasteiger partial charge in [0.2, 0.25) is 0 Å². The van der Waals surface area contributed by atoms with Crippen LogP contribution in [0.1, 0.15) is 30.1 Å². The second kappa shape index (κ2) is 11.6. The number of carbonyl (C=O) groups is 1. The number of hydrogen-bond acceptors (Lipinski definition) is 6. The number of methoxy groups -OCH3 is 1. The minimum Gasteiger partial charge on any atom is -0.495 e. The maximum Gasteiger partial charge on any atom is 0.264 e. The molecule has 1 unspecified atom stereocenters. The Bertz CT molecular complexity index is 1520. The van der Waals surface area contributed by atoms with E-state index in [1.165, 1.54) is 18.7 Å². The van der Waals surface area contributed by atoms with Gasteiger partial charge in [-0.3, -0.25) is 19.4 Å². The molecule has 1 amide bonds. The lowest BCUT2D eigenvalue weighted by molar-refractivity contribution is 0.0625. The topological polar surface area (TPSA) is 91.8 Å². The Hall–Kier alpha value is -3.69. The summed E-state index contributed by atoms with van der Waals surface area (Å²) < 4.78 is 34.6. The Kier molecular flexibility index (Phi) is 7.99. The number of benzene rings is 2. The second-order valence-electron chi connectivity index (χ2n) is 10.1. The van der Waals surface area contributed by atoms with E-state index in [0.29, 0.717) is 30.1 Å². The molecule has 1 N–H and O–H groups in total. The van der Waals surface area contributed by atoms with Crippen LogP contribution in [-0.4, -0.2) is 68.9 Å². The Morgan fingerprint density at radius 2 is 1.90 bits per heavy atom. The quantitative estimate of drug-likeness (QED) is 0.440. The molecular weight excluding hydrogens is 512 g/mol. The maximum atomic E-state index is 13.3. The highest BCUT2D eigenvalue weighted by Crippen LogP contribution is 2.30. The van der Waals surface area contributed by atoms with Crippen LogP contribution in [0.5, 0.6) is 5.75 Å². The Labute approximate surface area is 230 Å². The minimum absolute atomic E-state index is 0.0752. The van der Waals surface area contributed by atoms with Gasteiger partial charge < -0.3 is 9.64 Å². The lowest BCUT2D eigenvalue weighted by Crippen LogP contribution is -2.49. The third-order valence-electron chi connectivity index (χ3n) is 7.45. The largest absolute Gasteiger partial charge is 0.495 e. The molecule has 1 aliphatic heterocycles. The van der Waals surface area contributed by atoms with Crippen molar-refractivity contribution in [3.05, 3.63) is 84.1 Å². The van der Waals surface area contributed by atoms with Crippen molar-refractivity contribution >= 4 is 32.5 Å². The summed E-state index contributed by atoms with van der Waals surface area (Å²) in [5.41, 5.74) is 2.60. The van der Waals surface area contributed by atoms with Crippen molar-refractivity contribution in [2.24, 2.45) is 5.92 Å². The van der Waals surface area contributed by atoms with Gasteiger partial charge in [0.25, 0.3) is 15.9 Å². The molecule has 1 fully saturated rings. The Balaban J connectivity index is 1.25. The van der Waals surface area contributed by atoms with Crippen LogP contribution in [0.2, 0.25) is 0 Å². The number of allylic oxidation sites excluding steroid dienone is 3. The molecule has 204 valence electrons. The van der Waals surface area contributed by atoms with Crippen molar-refractivity contribution in [2.75, 3.05) is 44.6 Å². The number of para-hydroxylation sites is 1. The van der Waals surface area contributed by atoms with E-state index in [-0.39, 0.29) is 22.2 Å². The van der Waals surface area contributed by atoms with Crippen LogP contribution in [0.25, 0.3) is 10.9 Å². The monoisotopic (exact) mass is 546 g/mol. The van der Waals surface area contributed by atoms with Gasteiger partial charge in [-0.05, 0) is 49.1 Å². The zero-order valence-electron chi connectivity index (χ0n) is 22.3. The zero-order valence-corrected chi connectivity index (χ0v) is 23.2. The normalized spacial score (nSPS) is 17.1. The standard InChI is InChI=1S/C30H34N4O4S/c1-22(23-8-4-3-5-9-23)21-33-16-18-34(19-17-33)30(35)25-13-14-26(27(20-25)38-2)32-39(36,37)28-12-6-10-24-11-7-15-31-29(24)28/h3-4,6-8,10-15,20,22,32H,5,9,16-19,21H2,1-2H3. The van der Waals surface area contributed by atoms with Crippen LogP contribution in [0.15, 0.2) is 83.4 Å². The number of nitrogens with zero attached hydrogens (tertiary/aromatic N) is 3.